The monoisotopic (exact) mass is 401 g/mol. The van der Waals surface area contributed by atoms with Crippen LogP contribution in [0.5, 0.6) is 0 Å². The smallest absolute Gasteiger partial charge is 0.303 e. The average Bonchev–Trinajstić information content (AvgIpc) is 2.56. The Kier molecular flexibility index (Phi) is 9.52. The number of esters is 3. The summed E-state index contributed by atoms with van der Waals surface area (Å²) in [6.07, 6.45) is 2.34. The highest BCUT2D eigenvalue weighted by atomic mass is 35.5. The number of unbranched alkanes of at least 4 members (excludes halogenated alkanes) is 1. The van der Waals surface area contributed by atoms with Crippen molar-refractivity contribution in [3.63, 3.8) is 0 Å². The summed E-state index contributed by atoms with van der Waals surface area (Å²) in [7, 11) is 0. The summed E-state index contributed by atoms with van der Waals surface area (Å²) in [6.45, 7) is 10.8. The lowest BCUT2D eigenvalue weighted by atomic mass is 9.91. The maximum absolute atomic E-state index is 11.7. The molecule has 0 radical (unpaired) electrons. The number of hydrogen-bond acceptors (Lipinski definition) is 7. The maximum atomic E-state index is 11.7. The lowest BCUT2D eigenvalue weighted by Crippen LogP contribution is -2.58. The molecule has 1 aliphatic carbocycles. The molecule has 0 amide bonds. The molecule has 8 heteroatoms. The summed E-state index contributed by atoms with van der Waals surface area (Å²) in [5, 5.41) is 0.218. The topological polar surface area (TPSA) is 82.1 Å². The van der Waals surface area contributed by atoms with E-state index in [0.29, 0.717) is 13.1 Å². The lowest BCUT2D eigenvalue weighted by molar-refractivity contribution is -0.185. The first-order valence-corrected chi connectivity index (χ1v) is 9.32. The second-order valence-corrected chi connectivity index (χ2v) is 6.79. The third-order valence-electron chi connectivity index (χ3n) is 4.04. The van der Waals surface area contributed by atoms with E-state index < -0.39 is 42.3 Å². The Morgan fingerprint density at radius 2 is 1.67 bits per heavy atom. The molecule has 4 atom stereocenters. The molecule has 0 unspecified atom stereocenters. The number of nitrogens with zero attached hydrogens (tertiary/aromatic N) is 1. The Balaban J connectivity index is 3.36. The van der Waals surface area contributed by atoms with Crippen molar-refractivity contribution in [2.45, 2.75) is 64.9 Å². The second-order valence-electron chi connectivity index (χ2n) is 6.36. The fraction of sp³-hybridized carbons (Fsp3) is 0.632. The van der Waals surface area contributed by atoms with Gasteiger partial charge in [0.15, 0.2) is 18.3 Å². The third-order valence-corrected chi connectivity index (χ3v) is 4.38. The molecule has 0 aromatic heterocycles. The fourth-order valence-electron chi connectivity index (χ4n) is 3.03. The van der Waals surface area contributed by atoms with Crippen LogP contribution in [-0.2, 0) is 28.6 Å². The molecule has 152 valence electrons. The van der Waals surface area contributed by atoms with E-state index >= 15 is 0 Å². The highest BCUT2D eigenvalue weighted by molar-refractivity contribution is 6.30. The molecule has 0 bridgehead atoms. The molecule has 0 heterocycles. The Morgan fingerprint density at radius 1 is 1.11 bits per heavy atom. The number of hydrogen-bond donors (Lipinski definition) is 0. The van der Waals surface area contributed by atoms with Gasteiger partial charge in [-0.1, -0.05) is 31.0 Å². The van der Waals surface area contributed by atoms with Gasteiger partial charge in [0.05, 0.1) is 11.1 Å². The van der Waals surface area contributed by atoms with Crippen molar-refractivity contribution in [1.82, 2.24) is 4.90 Å². The summed E-state index contributed by atoms with van der Waals surface area (Å²) < 4.78 is 16.1. The van der Waals surface area contributed by atoms with E-state index in [0.717, 1.165) is 12.8 Å². The minimum absolute atomic E-state index is 0.218. The molecule has 0 N–H and O–H groups in total. The van der Waals surface area contributed by atoms with Crippen molar-refractivity contribution in [3.8, 4) is 0 Å². The summed E-state index contributed by atoms with van der Waals surface area (Å²) in [4.78, 5) is 36.9. The van der Waals surface area contributed by atoms with Crippen LogP contribution in [0.4, 0.5) is 0 Å². The predicted molar refractivity (Wildman–Crippen MR) is 101 cm³/mol. The van der Waals surface area contributed by atoms with Crippen molar-refractivity contribution in [2.24, 2.45) is 0 Å². The van der Waals surface area contributed by atoms with Gasteiger partial charge in [-0.25, -0.2) is 0 Å². The van der Waals surface area contributed by atoms with Crippen molar-refractivity contribution < 1.29 is 28.6 Å². The summed E-state index contributed by atoms with van der Waals surface area (Å²) in [6, 6.07) is -0.456. The van der Waals surface area contributed by atoms with Gasteiger partial charge in [-0.05, 0) is 19.0 Å². The summed E-state index contributed by atoms with van der Waals surface area (Å²) in [5.41, 5.74) is 0. The van der Waals surface area contributed by atoms with Crippen LogP contribution in [0.15, 0.2) is 23.8 Å². The Labute approximate surface area is 165 Å². The largest absolute Gasteiger partial charge is 0.456 e. The summed E-state index contributed by atoms with van der Waals surface area (Å²) >= 11 is 6.38. The molecule has 0 saturated heterocycles. The zero-order valence-corrected chi connectivity index (χ0v) is 17.0. The van der Waals surface area contributed by atoms with Crippen LogP contribution in [-0.4, -0.2) is 60.3 Å². The van der Waals surface area contributed by atoms with E-state index in [-0.39, 0.29) is 5.03 Å². The number of carbonyl (C=O) groups excluding carboxylic acids is 3. The molecule has 0 aliphatic heterocycles. The zero-order valence-electron chi connectivity index (χ0n) is 16.3. The van der Waals surface area contributed by atoms with Gasteiger partial charge in [0, 0.05) is 27.3 Å². The van der Waals surface area contributed by atoms with Gasteiger partial charge in [0.1, 0.15) is 0 Å². The molecule has 0 fully saturated rings. The minimum Gasteiger partial charge on any atom is -0.456 e. The number of ether oxygens (including phenoxy) is 3. The molecule has 0 spiro atoms. The molecule has 0 aromatic carbocycles. The molecular weight excluding hydrogens is 374 g/mol. The average molecular weight is 402 g/mol. The molecule has 0 saturated carbocycles. The van der Waals surface area contributed by atoms with Gasteiger partial charge >= 0.3 is 17.9 Å². The van der Waals surface area contributed by atoms with Gasteiger partial charge < -0.3 is 14.2 Å². The van der Waals surface area contributed by atoms with Crippen molar-refractivity contribution in [2.75, 3.05) is 13.1 Å². The normalized spacial score (nSPS) is 24.7. The van der Waals surface area contributed by atoms with Crippen molar-refractivity contribution in [3.05, 3.63) is 23.8 Å². The standard InChI is InChI=1S/C19H28ClNO6/c1-6-8-10-21(9-7-2)16-11-15(20)17(25-12(3)22)19(27-14(5)24)18(16)26-13(4)23/h7,11,16-19H,2,6,8-10H2,1,3-5H3/t16-,17+,18+,19+/m0/s1. The van der Waals surface area contributed by atoms with E-state index in [9.17, 15) is 14.4 Å². The highest BCUT2D eigenvalue weighted by Gasteiger charge is 2.47. The van der Waals surface area contributed by atoms with Crippen molar-refractivity contribution in [1.29, 1.82) is 0 Å². The Hall–Kier alpha value is -1.86. The Bertz CT molecular complexity index is 591. The zero-order chi connectivity index (χ0) is 20.6. The van der Waals surface area contributed by atoms with E-state index in [1.165, 1.54) is 20.8 Å². The Morgan fingerprint density at radius 3 is 2.15 bits per heavy atom. The number of carbonyl (C=O) groups is 3. The quantitative estimate of drug-likeness (QED) is 0.333. The number of halogens is 1. The predicted octanol–water partition coefficient (Wildman–Crippen LogP) is 2.57. The van der Waals surface area contributed by atoms with E-state index in [2.05, 4.69) is 13.5 Å². The van der Waals surface area contributed by atoms with Gasteiger partial charge in [-0.3, -0.25) is 19.3 Å². The first-order chi connectivity index (χ1) is 12.7. The minimum atomic E-state index is -1.05. The maximum Gasteiger partial charge on any atom is 0.303 e. The van der Waals surface area contributed by atoms with Crippen LogP contribution in [0.2, 0.25) is 0 Å². The second kappa shape index (κ2) is 11.1. The van der Waals surface area contributed by atoms with E-state index in [1.54, 1.807) is 12.2 Å². The van der Waals surface area contributed by atoms with Crippen LogP contribution in [0.1, 0.15) is 40.5 Å². The summed E-state index contributed by atoms with van der Waals surface area (Å²) in [5.74, 6) is -1.72. The van der Waals surface area contributed by atoms with Gasteiger partial charge in [-0.2, -0.15) is 0 Å². The molecular formula is C19H28ClNO6. The van der Waals surface area contributed by atoms with Crippen LogP contribution in [0.3, 0.4) is 0 Å². The van der Waals surface area contributed by atoms with Gasteiger partial charge in [0.25, 0.3) is 0 Å². The fourth-order valence-corrected chi connectivity index (χ4v) is 3.33. The van der Waals surface area contributed by atoms with E-state index in [4.69, 9.17) is 25.8 Å². The van der Waals surface area contributed by atoms with Gasteiger partial charge in [0.2, 0.25) is 0 Å². The van der Waals surface area contributed by atoms with Crippen LogP contribution in [0, 0.1) is 0 Å². The third kappa shape index (κ3) is 6.99. The van der Waals surface area contributed by atoms with Crippen LogP contribution >= 0.6 is 11.6 Å². The van der Waals surface area contributed by atoms with Crippen LogP contribution in [0.25, 0.3) is 0 Å². The lowest BCUT2D eigenvalue weighted by Gasteiger charge is -2.42. The SMILES string of the molecule is C=CCN(CCCC)[C@H]1C=C(Cl)[C@@H](OC(C)=O)[C@@H](OC(C)=O)[C@@H]1OC(C)=O. The first kappa shape index (κ1) is 23.2. The van der Waals surface area contributed by atoms with E-state index in [1.807, 2.05) is 4.90 Å². The highest BCUT2D eigenvalue weighted by Crippen LogP contribution is 2.32. The first-order valence-electron chi connectivity index (χ1n) is 8.95. The van der Waals surface area contributed by atoms with Gasteiger partial charge in [-0.15, -0.1) is 6.58 Å². The molecule has 1 aliphatic rings. The molecule has 0 aromatic rings. The number of rotatable bonds is 9. The van der Waals surface area contributed by atoms with Crippen molar-refractivity contribution >= 4 is 29.5 Å². The molecule has 7 nitrogen and oxygen atoms in total. The molecule has 27 heavy (non-hydrogen) atoms. The molecule has 1 rings (SSSR count). The van der Waals surface area contributed by atoms with Crippen LogP contribution < -0.4 is 0 Å².